The van der Waals surface area contributed by atoms with Gasteiger partial charge in [-0.15, -0.1) is 0 Å². The Morgan fingerprint density at radius 3 is 2.55 bits per heavy atom. The first-order valence-electron chi connectivity index (χ1n) is 13.0. The van der Waals surface area contributed by atoms with E-state index in [0.29, 0.717) is 48.9 Å². The van der Waals surface area contributed by atoms with Crippen LogP contribution in [0.2, 0.25) is 0 Å². The van der Waals surface area contributed by atoms with Gasteiger partial charge in [-0.25, -0.2) is 4.98 Å². The number of nitrogens with zero attached hydrogens (tertiary/aromatic N) is 5. The fourth-order valence-electron chi connectivity index (χ4n) is 4.47. The topological polar surface area (TPSA) is 171 Å². The van der Waals surface area contributed by atoms with Gasteiger partial charge in [0.25, 0.3) is 0 Å². The lowest BCUT2D eigenvalue weighted by Crippen LogP contribution is -2.31. The summed E-state index contributed by atoms with van der Waals surface area (Å²) in [5, 5.41) is 5.59. The summed E-state index contributed by atoms with van der Waals surface area (Å²) in [6, 6.07) is 19.5. The Balaban J connectivity index is 1.45. The molecule has 0 radical (unpaired) electrons. The maximum Gasteiger partial charge on any atom is 0.227 e. The highest BCUT2D eigenvalue weighted by Gasteiger charge is 2.19. The number of carbonyl (C=O) groups is 1. The lowest BCUT2D eigenvalue weighted by molar-refractivity contribution is -0.121. The molecule has 11 heteroatoms. The van der Waals surface area contributed by atoms with E-state index < -0.39 is 0 Å². The largest absolute Gasteiger partial charge is 0.494 e. The van der Waals surface area contributed by atoms with Gasteiger partial charge in [0.15, 0.2) is 5.65 Å². The Bertz CT molecular complexity index is 1660. The molecular weight excluding hydrogens is 506 g/mol. The summed E-state index contributed by atoms with van der Waals surface area (Å²) >= 11 is 0. The molecule has 0 atom stereocenters. The molecule has 0 saturated carbocycles. The van der Waals surface area contributed by atoms with Crippen molar-refractivity contribution in [2.75, 3.05) is 35.3 Å². The monoisotopic (exact) mass is 537 g/mol. The number of fused-ring (bicyclic) bond motifs is 2. The van der Waals surface area contributed by atoms with Crippen LogP contribution in [0.5, 0.6) is 5.75 Å². The quantitative estimate of drug-likeness (QED) is 0.193. The molecule has 11 nitrogen and oxygen atoms in total. The van der Waals surface area contributed by atoms with Gasteiger partial charge in [0.05, 0.1) is 18.5 Å². The van der Waals surface area contributed by atoms with Crippen LogP contribution in [-0.4, -0.2) is 39.0 Å². The van der Waals surface area contributed by atoms with E-state index in [4.69, 9.17) is 21.9 Å². The molecule has 204 valence electrons. The Morgan fingerprint density at radius 2 is 1.75 bits per heavy atom. The number of aromatic nitrogens is 4. The average molecular weight is 538 g/mol. The van der Waals surface area contributed by atoms with E-state index in [1.165, 1.54) is 0 Å². The van der Waals surface area contributed by atoms with Crippen molar-refractivity contribution in [1.29, 1.82) is 0 Å². The molecule has 7 N–H and O–H groups in total. The van der Waals surface area contributed by atoms with Crippen LogP contribution in [0.4, 0.5) is 23.4 Å². The van der Waals surface area contributed by atoms with E-state index >= 15 is 0 Å². The summed E-state index contributed by atoms with van der Waals surface area (Å²) in [4.78, 5) is 32.3. The lowest BCUT2D eigenvalue weighted by Gasteiger charge is -2.25. The summed E-state index contributed by atoms with van der Waals surface area (Å²) < 4.78 is 6.00. The summed E-state index contributed by atoms with van der Waals surface area (Å²) in [6.45, 7) is 3.59. The molecule has 0 saturated heterocycles. The van der Waals surface area contributed by atoms with Crippen LogP contribution in [0.25, 0.3) is 21.8 Å². The van der Waals surface area contributed by atoms with Crippen molar-refractivity contribution in [2.45, 2.75) is 26.4 Å². The van der Waals surface area contributed by atoms with Gasteiger partial charge in [-0.3, -0.25) is 4.79 Å². The van der Waals surface area contributed by atoms with E-state index in [-0.39, 0.29) is 24.1 Å². The van der Waals surface area contributed by atoms with Crippen molar-refractivity contribution in [3.8, 4) is 5.75 Å². The van der Waals surface area contributed by atoms with Crippen LogP contribution in [0.1, 0.15) is 24.5 Å². The minimum absolute atomic E-state index is 0.0240. The molecule has 0 fully saturated rings. The van der Waals surface area contributed by atoms with Crippen molar-refractivity contribution in [1.82, 2.24) is 25.3 Å². The zero-order chi connectivity index (χ0) is 28.1. The number of ether oxygens (including phenoxy) is 1. The van der Waals surface area contributed by atoms with Crippen LogP contribution in [0.15, 0.2) is 66.9 Å². The number of hydrogen-bond donors (Lipinski definition) is 4. The zero-order valence-corrected chi connectivity index (χ0v) is 22.2. The van der Waals surface area contributed by atoms with E-state index in [1.54, 1.807) is 6.20 Å². The lowest BCUT2D eigenvalue weighted by atomic mass is 10.0. The second-order valence-electron chi connectivity index (χ2n) is 9.26. The van der Waals surface area contributed by atoms with Gasteiger partial charge in [0.2, 0.25) is 17.8 Å². The van der Waals surface area contributed by atoms with Gasteiger partial charge < -0.3 is 32.2 Å². The number of carbonyl (C=O) groups excluding carboxylic acids is 1. The number of nitrogens with one attached hydrogen (secondary N) is 1. The zero-order valence-electron chi connectivity index (χ0n) is 22.2. The average Bonchev–Trinajstić information content (AvgIpc) is 2.95. The van der Waals surface area contributed by atoms with Crippen LogP contribution >= 0.6 is 0 Å². The Labute approximate surface area is 231 Å². The third-order valence-electron chi connectivity index (χ3n) is 6.49. The highest BCUT2D eigenvalue weighted by molar-refractivity contribution is 5.88. The van der Waals surface area contributed by atoms with Gasteiger partial charge in [0, 0.05) is 37.0 Å². The standard InChI is InChI=1S/C29H31N9O2/c1-2-40-24-12-9-19-5-3-4-6-21(19)23(24)17-38(14-13-25(39)33-15-18-7-10-20(30)11-8-18)29-34-16-22-26(31)35-28(32)36-27(22)37-29/h3-12,16H,2,13-15,17,30H2,1H3,(H,33,39)(H4,31,32,34,35,36,37). The molecule has 5 aromatic rings. The molecule has 40 heavy (non-hydrogen) atoms. The number of nitrogen functional groups attached to an aromatic ring is 3. The fraction of sp³-hybridized carbons (Fsp3) is 0.207. The van der Waals surface area contributed by atoms with Gasteiger partial charge in [-0.05, 0) is 41.5 Å². The summed E-state index contributed by atoms with van der Waals surface area (Å²) in [5.74, 6) is 1.26. The van der Waals surface area contributed by atoms with Crippen molar-refractivity contribution in [2.24, 2.45) is 0 Å². The molecule has 2 heterocycles. The molecule has 0 aliphatic rings. The summed E-state index contributed by atoms with van der Waals surface area (Å²) in [7, 11) is 0. The molecule has 1 amide bonds. The minimum Gasteiger partial charge on any atom is -0.494 e. The van der Waals surface area contributed by atoms with E-state index in [0.717, 1.165) is 27.6 Å². The number of amides is 1. The maximum atomic E-state index is 12.9. The second-order valence-corrected chi connectivity index (χ2v) is 9.26. The number of benzene rings is 3. The molecule has 0 unspecified atom stereocenters. The minimum atomic E-state index is -0.110. The van der Waals surface area contributed by atoms with Crippen LogP contribution in [0.3, 0.4) is 0 Å². The van der Waals surface area contributed by atoms with Crippen molar-refractivity contribution in [3.05, 3.63) is 78.0 Å². The third kappa shape index (κ3) is 5.93. The van der Waals surface area contributed by atoms with E-state index in [2.05, 4.69) is 37.4 Å². The summed E-state index contributed by atoms with van der Waals surface area (Å²) in [5.41, 5.74) is 20.5. The second kappa shape index (κ2) is 11.7. The van der Waals surface area contributed by atoms with E-state index in [9.17, 15) is 4.79 Å². The highest BCUT2D eigenvalue weighted by Crippen LogP contribution is 2.31. The number of rotatable bonds is 10. The molecule has 0 bridgehead atoms. The highest BCUT2D eigenvalue weighted by atomic mass is 16.5. The van der Waals surface area contributed by atoms with Gasteiger partial charge in [-0.1, -0.05) is 42.5 Å². The first-order chi connectivity index (χ1) is 19.4. The first kappa shape index (κ1) is 26.4. The Hall–Kier alpha value is -5.19. The Kier molecular flexibility index (Phi) is 7.72. The SMILES string of the molecule is CCOc1ccc2ccccc2c1CN(CCC(=O)NCc1ccc(N)cc1)c1ncc2c(N)nc(N)nc2n1. The predicted molar refractivity (Wildman–Crippen MR) is 157 cm³/mol. The third-order valence-corrected chi connectivity index (χ3v) is 6.49. The van der Waals surface area contributed by atoms with Crippen molar-refractivity contribution < 1.29 is 9.53 Å². The molecule has 0 spiro atoms. The van der Waals surface area contributed by atoms with Gasteiger partial charge in [-0.2, -0.15) is 15.0 Å². The first-order valence-corrected chi connectivity index (χ1v) is 13.0. The summed E-state index contributed by atoms with van der Waals surface area (Å²) in [6.07, 6.45) is 1.78. The normalized spacial score (nSPS) is 11.0. The molecule has 3 aromatic carbocycles. The molecule has 0 aliphatic heterocycles. The maximum absolute atomic E-state index is 12.9. The Morgan fingerprint density at radius 1 is 0.950 bits per heavy atom. The fourth-order valence-corrected chi connectivity index (χ4v) is 4.47. The number of anilines is 4. The van der Waals surface area contributed by atoms with E-state index in [1.807, 2.05) is 60.4 Å². The smallest absolute Gasteiger partial charge is 0.227 e. The molecule has 2 aromatic heterocycles. The van der Waals surface area contributed by atoms with Crippen molar-refractivity contribution in [3.63, 3.8) is 0 Å². The van der Waals surface area contributed by atoms with Crippen LogP contribution in [-0.2, 0) is 17.9 Å². The van der Waals surface area contributed by atoms with Gasteiger partial charge >= 0.3 is 0 Å². The molecular formula is C29H31N9O2. The molecule has 5 rings (SSSR count). The van der Waals surface area contributed by atoms with Crippen LogP contribution in [0, 0.1) is 0 Å². The number of hydrogen-bond acceptors (Lipinski definition) is 10. The van der Waals surface area contributed by atoms with Crippen molar-refractivity contribution >= 4 is 51.1 Å². The molecule has 0 aliphatic carbocycles. The van der Waals surface area contributed by atoms with Crippen LogP contribution < -0.4 is 32.2 Å². The van der Waals surface area contributed by atoms with Gasteiger partial charge in [0.1, 0.15) is 11.6 Å². The number of nitrogens with two attached hydrogens (primary N) is 3. The predicted octanol–water partition coefficient (Wildman–Crippen LogP) is 3.43.